The predicted molar refractivity (Wildman–Crippen MR) is 83.9 cm³/mol. The highest BCUT2D eigenvalue weighted by molar-refractivity contribution is 6.17. The van der Waals surface area contributed by atoms with Crippen LogP contribution in [0.15, 0.2) is 29.3 Å². The third-order valence-corrected chi connectivity index (χ3v) is 4.27. The molecule has 7 heteroatoms. The van der Waals surface area contributed by atoms with E-state index in [1.54, 1.807) is 6.20 Å². The van der Waals surface area contributed by atoms with Crippen molar-refractivity contribution < 1.29 is 4.39 Å². The van der Waals surface area contributed by atoms with Crippen LogP contribution < -0.4 is 10.5 Å². The van der Waals surface area contributed by atoms with Gasteiger partial charge in [0.1, 0.15) is 11.6 Å². The zero-order valence-corrected chi connectivity index (χ0v) is 12.9. The van der Waals surface area contributed by atoms with Gasteiger partial charge in [0, 0.05) is 36.8 Å². The van der Waals surface area contributed by atoms with Gasteiger partial charge < -0.3 is 9.88 Å². The van der Waals surface area contributed by atoms with Crippen LogP contribution in [0.1, 0.15) is 30.9 Å². The van der Waals surface area contributed by atoms with Gasteiger partial charge in [0.25, 0.3) is 5.56 Å². The van der Waals surface area contributed by atoms with E-state index >= 15 is 0 Å². The molecule has 0 spiro atoms. The molecule has 118 valence electrons. The van der Waals surface area contributed by atoms with Crippen molar-refractivity contribution in [2.45, 2.75) is 31.8 Å². The molecule has 0 amide bonds. The molecule has 0 aromatic carbocycles. The molecule has 1 saturated heterocycles. The van der Waals surface area contributed by atoms with Crippen LogP contribution in [0.2, 0.25) is 0 Å². The van der Waals surface area contributed by atoms with Gasteiger partial charge in [0.2, 0.25) is 0 Å². The van der Waals surface area contributed by atoms with E-state index < -0.39 is 5.82 Å². The van der Waals surface area contributed by atoms with E-state index in [1.807, 2.05) is 10.7 Å². The molecule has 0 bridgehead atoms. The van der Waals surface area contributed by atoms with E-state index in [-0.39, 0.29) is 11.6 Å². The van der Waals surface area contributed by atoms with Crippen LogP contribution in [0.5, 0.6) is 0 Å². The zero-order chi connectivity index (χ0) is 15.5. The standard InChI is InChI=1S/C15H18ClFN4O/c16-5-2-8-21-14(4-6-19-21)20-7-1-3-13(20)12-9-11(17)10-18-15(12)22/h4,6,9-10,13H,1-3,5,7-8H2,(H,18,22). The highest BCUT2D eigenvalue weighted by Gasteiger charge is 2.30. The van der Waals surface area contributed by atoms with Gasteiger partial charge in [-0.2, -0.15) is 5.10 Å². The molecular weight excluding hydrogens is 307 g/mol. The lowest BCUT2D eigenvalue weighted by molar-refractivity contribution is 0.577. The first-order chi connectivity index (χ1) is 10.7. The molecule has 1 aliphatic heterocycles. The molecule has 2 aromatic heterocycles. The van der Waals surface area contributed by atoms with Gasteiger partial charge in [-0.05, 0) is 25.3 Å². The van der Waals surface area contributed by atoms with Crippen LogP contribution in [0, 0.1) is 5.82 Å². The van der Waals surface area contributed by atoms with Crippen molar-refractivity contribution in [2.24, 2.45) is 0 Å². The Morgan fingerprint density at radius 1 is 1.50 bits per heavy atom. The Labute approximate surface area is 132 Å². The third-order valence-electron chi connectivity index (χ3n) is 4.00. The number of H-pyrrole nitrogens is 1. The summed E-state index contributed by atoms with van der Waals surface area (Å²) >= 11 is 5.75. The van der Waals surface area contributed by atoms with Crippen molar-refractivity contribution in [2.75, 3.05) is 17.3 Å². The van der Waals surface area contributed by atoms with E-state index in [4.69, 9.17) is 11.6 Å². The number of anilines is 1. The molecule has 1 atom stereocenters. The van der Waals surface area contributed by atoms with Gasteiger partial charge in [-0.15, -0.1) is 11.6 Å². The second-order valence-corrected chi connectivity index (χ2v) is 5.79. The largest absolute Gasteiger partial charge is 0.350 e. The third kappa shape index (κ3) is 2.88. The molecule has 2 aromatic rings. The maximum Gasteiger partial charge on any atom is 0.253 e. The number of alkyl halides is 1. The number of halogens is 2. The van der Waals surface area contributed by atoms with Crippen molar-refractivity contribution in [1.82, 2.24) is 14.8 Å². The number of aromatic nitrogens is 3. The van der Waals surface area contributed by atoms with E-state index in [1.165, 1.54) is 6.07 Å². The number of rotatable bonds is 5. The summed E-state index contributed by atoms with van der Waals surface area (Å²) in [5, 5.41) is 4.32. The number of hydrogen-bond donors (Lipinski definition) is 1. The average molecular weight is 325 g/mol. The minimum atomic E-state index is -0.419. The second-order valence-electron chi connectivity index (χ2n) is 5.41. The quantitative estimate of drug-likeness (QED) is 0.860. The Hall–Kier alpha value is -1.82. The number of pyridine rings is 1. The summed E-state index contributed by atoms with van der Waals surface area (Å²) in [4.78, 5) is 16.6. The molecule has 5 nitrogen and oxygen atoms in total. The topological polar surface area (TPSA) is 53.9 Å². The highest BCUT2D eigenvalue weighted by Crippen LogP contribution is 2.34. The first-order valence-electron chi connectivity index (χ1n) is 7.43. The fourth-order valence-electron chi connectivity index (χ4n) is 3.04. The molecule has 1 fully saturated rings. The zero-order valence-electron chi connectivity index (χ0n) is 12.1. The van der Waals surface area contributed by atoms with E-state index in [9.17, 15) is 9.18 Å². The summed E-state index contributed by atoms with van der Waals surface area (Å²) in [6.07, 6.45) is 5.45. The molecule has 0 radical (unpaired) electrons. The van der Waals surface area contributed by atoms with Crippen molar-refractivity contribution in [3.8, 4) is 0 Å². The Kier molecular flexibility index (Phi) is 4.47. The van der Waals surface area contributed by atoms with Gasteiger partial charge in [0.05, 0.1) is 12.2 Å². The average Bonchev–Trinajstić information content (AvgIpc) is 3.15. The van der Waals surface area contributed by atoms with Gasteiger partial charge in [-0.1, -0.05) is 0 Å². The predicted octanol–water partition coefficient (Wildman–Crippen LogP) is 2.68. The Bertz CT molecular complexity index is 699. The lowest BCUT2D eigenvalue weighted by atomic mass is 10.1. The lowest BCUT2D eigenvalue weighted by Gasteiger charge is -2.27. The van der Waals surface area contributed by atoms with Gasteiger partial charge in [-0.3, -0.25) is 4.79 Å². The molecule has 1 N–H and O–H groups in total. The maximum atomic E-state index is 13.5. The van der Waals surface area contributed by atoms with Gasteiger partial charge in [0.15, 0.2) is 0 Å². The molecule has 0 saturated carbocycles. The fourth-order valence-corrected chi connectivity index (χ4v) is 3.16. The van der Waals surface area contributed by atoms with Crippen LogP contribution in [0.25, 0.3) is 0 Å². The van der Waals surface area contributed by atoms with E-state index in [2.05, 4.69) is 15.0 Å². The van der Waals surface area contributed by atoms with Crippen molar-refractivity contribution in [1.29, 1.82) is 0 Å². The summed E-state index contributed by atoms with van der Waals surface area (Å²) in [6.45, 7) is 1.56. The number of hydrogen-bond acceptors (Lipinski definition) is 3. The Balaban J connectivity index is 1.92. The van der Waals surface area contributed by atoms with Crippen LogP contribution in [0.4, 0.5) is 10.2 Å². The summed E-state index contributed by atoms with van der Waals surface area (Å²) < 4.78 is 15.4. The fraction of sp³-hybridized carbons (Fsp3) is 0.467. The molecule has 1 aliphatic rings. The van der Waals surface area contributed by atoms with Crippen molar-refractivity contribution in [3.05, 3.63) is 46.3 Å². The van der Waals surface area contributed by atoms with Crippen molar-refractivity contribution >= 4 is 17.4 Å². The smallest absolute Gasteiger partial charge is 0.253 e. The molecule has 22 heavy (non-hydrogen) atoms. The van der Waals surface area contributed by atoms with Crippen LogP contribution >= 0.6 is 11.6 Å². The summed E-state index contributed by atoms with van der Waals surface area (Å²) in [5.74, 6) is 1.11. The maximum absolute atomic E-state index is 13.5. The normalized spacial score (nSPS) is 18.1. The number of aromatic amines is 1. The number of aryl methyl sites for hydroxylation is 1. The molecule has 3 heterocycles. The van der Waals surface area contributed by atoms with E-state index in [0.29, 0.717) is 11.4 Å². The summed E-state index contributed by atoms with van der Waals surface area (Å²) in [6, 6.07) is 3.15. The second kappa shape index (κ2) is 6.52. The van der Waals surface area contributed by atoms with Crippen LogP contribution in [0.3, 0.4) is 0 Å². The number of nitrogens with one attached hydrogen (secondary N) is 1. The monoisotopic (exact) mass is 324 g/mol. The Morgan fingerprint density at radius 3 is 3.18 bits per heavy atom. The van der Waals surface area contributed by atoms with Gasteiger partial charge in [-0.25, -0.2) is 9.07 Å². The summed E-state index contributed by atoms with van der Waals surface area (Å²) in [5.41, 5.74) is 0.243. The van der Waals surface area contributed by atoms with Crippen LogP contribution in [-0.2, 0) is 6.54 Å². The first-order valence-corrected chi connectivity index (χ1v) is 7.96. The highest BCUT2D eigenvalue weighted by atomic mass is 35.5. The molecular formula is C15H18ClFN4O. The van der Waals surface area contributed by atoms with Gasteiger partial charge >= 0.3 is 0 Å². The van der Waals surface area contributed by atoms with E-state index in [0.717, 1.165) is 44.4 Å². The number of nitrogens with zero attached hydrogens (tertiary/aromatic N) is 3. The molecule has 1 unspecified atom stereocenters. The minimum Gasteiger partial charge on any atom is -0.350 e. The lowest BCUT2D eigenvalue weighted by Crippen LogP contribution is -2.29. The summed E-state index contributed by atoms with van der Waals surface area (Å²) in [7, 11) is 0. The van der Waals surface area contributed by atoms with Crippen LogP contribution in [-0.4, -0.2) is 27.2 Å². The molecule has 3 rings (SSSR count). The minimum absolute atomic E-state index is 0.120. The first kappa shape index (κ1) is 15.1. The molecule has 0 aliphatic carbocycles. The van der Waals surface area contributed by atoms with Crippen molar-refractivity contribution in [3.63, 3.8) is 0 Å². The Morgan fingerprint density at radius 2 is 2.36 bits per heavy atom. The SMILES string of the molecule is O=c1[nH]cc(F)cc1C1CCCN1c1ccnn1CCCCl.